The Morgan fingerprint density at radius 3 is 2.52 bits per heavy atom. The smallest absolute Gasteiger partial charge is 0.256 e. The lowest BCUT2D eigenvalue weighted by molar-refractivity contribution is -0.129. The minimum absolute atomic E-state index is 0.0108. The maximum Gasteiger partial charge on any atom is 0.256 e. The fraction of sp³-hybridized carbons (Fsp3) is 0.471. The van der Waals surface area contributed by atoms with Gasteiger partial charge in [0.15, 0.2) is 0 Å². The second kappa shape index (κ2) is 7.63. The van der Waals surface area contributed by atoms with Gasteiger partial charge in [-0.2, -0.15) is 0 Å². The van der Waals surface area contributed by atoms with Crippen molar-refractivity contribution in [2.45, 2.75) is 24.0 Å². The Bertz CT molecular complexity index is 847. The lowest BCUT2D eigenvalue weighted by Crippen LogP contribution is -2.51. The minimum Gasteiger partial charge on any atom is -0.338 e. The first-order valence-corrected chi connectivity index (χ1v) is 9.84. The SMILES string of the molecule is O=C(CSc1nnnn1C1CC1)N1CCN(C(=O)c2ccccc2F)CC1. The molecule has 0 atom stereocenters. The number of hydrogen-bond acceptors (Lipinski definition) is 6. The summed E-state index contributed by atoms with van der Waals surface area (Å²) in [5.74, 6) is -0.610. The van der Waals surface area contributed by atoms with Crippen LogP contribution in [0.3, 0.4) is 0 Å². The van der Waals surface area contributed by atoms with Crippen molar-refractivity contribution in [1.82, 2.24) is 30.0 Å². The number of carbonyl (C=O) groups excluding carboxylic acids is 2. The molecule has 0 unspecified atom stereocenters. The van der Waals surface area contributed by atoms with Gasteiger partial charge in [0.2, 0.25) is 11.1 Å². The molecule has 2 aromatic rings. The van der Waals surface area contributed by atoms with Crippen molar-refractivity contribution in [3.05, 3.63) is 35.6 Å². The summed E-state index contributed by atoms with van der Waals surface area (Å²) < 4.78 is 15.6. The Morgan fingerprint density at radius 2 is 1.81 bits per heavy atom. The van der Waals surface area contributed by atoms with Gasteiger partial charge in [0.25, 0.3) is 5.91 Å². The molecule has 2 aliphatic rings. The van der Waals surface area contributed by atoms with Crippen LogP contribution in [0.2, 0.25) is 0 Å². The predicted molar refractivity (Wildman–Crippen MR) is 95.7 cm³/mol. The predicted octanol–water partition coefficient (Wildman–Crippen LogP) is 1.22. The van der Waals surface area contributed by atoms with Gasteiger partial charge in [-0.3, -0.25) is 9.59 Å². The van der Waals surface area contributed by atoms with Crippen molar-refractivity contribution < 1.29 is 14.0 Å². The van der Waals surface area contributed by atoms with Crippen LogP contribution < -0.4 is 0 Å². The summed E-state index contributed by atoms with van der Waals surface area (Å²) in [5.41, 5.74) is 0.0692. The topological polar surface area (TPSA) is 84.2 Å². The second-order valence-corrected chi connectivity index (χ2v) is 7.52. The molecule has 2 heterocycles. The molecule has 142 valence electrons. The zero-order valence-electron chi connectivity index (χ0n) is 14.6. The number of carbonyl (C=O) groups is 2. The van der Waals surface area contributed by atoms with Crippen LogP contribution in [0, 0.1) is 5.82 Å². The molecule has 0 bridgehead atoms. The van der Waals surface area contributed by atoms with Gasteiger partial charge in [-0.1, -0.05) is 23.9 Å². The van der Waals surface area contributed by atoms with Crippen LogP contribution >= 0.6 is 11.8 Å². The lowest BCUT2D eigenvalue weighted by atomic mass is 10.1. The summed E-state index contributed by atoms with van der Waals surface area (Å²) in [5, 5.41) is 12.3. The highest BCUT2D eigenvalue weighted by atomic mass is 32.2. The highest BCUT2D eigenvalue weighted by Gasteiger charge is 2.29. The Hall–Kier alpha value is -2.49. The molecule has 8 nitrogen and oxygen atoms in total. The van der Waals surface area contributed by atoms with E-state index in [1.807, 2.05) is 0 Å². The van der Waals surface area contributed by atoms with Gasteiger partial charge in [0.1, 0.15) is 5.82 Å². The van der Waals surface area contributed by atoms with E-state index in [2.05, 4.69) is 15.5 Å². The largest absolute Gasteiger partial charge is 0.338 e. The monoisotopic (exact) mass is 390 g/mol. The van der Waals surface area contributed by atoms with Crippen molar-refractivity contribution in [1.29, 1.82) is 0 Å². The molecule has 10 heteroatoms. The summed E-state index contributed by atoms with van der Waals surface area (Å²) in [6.45, 7) is 1.66. The maximum absolute atomic E-state index is 13.8. The molecule has 27 heavy (non-hydrogen) atoms. The summed E-state index contributed by atoms with van der Waals surface area (Å²) in [4.78, 5) is 28.2. The number of hydrogen-bond donors (Lipinski definition) is 0. The zero-order valence-corrected chi connectivity index (χ0v) is 15.4. The van der Waals surface area contributed by atoms with Gasteiger partial charge in [-0.05, 0) is 35.4 Å². The summed E-state index contributed by atoms with van der Waals surface area (Å²) in [7, 11) is 0. The van der Waals surface area contributed by atoms with Crippen molar-refractivity contribution in [2.24, 2.45) is 0 Å². The molecular weight excluding hydrogens is 371 g/mol. The Labute approximate surface area is 159 Å². The van der Waals surface area contributed by atoms with Crippen LogP contribution in [-0.4, -0.2) is 73.8 Å². The first kappa shape index (κ1) is 17.9. The highest BCUT2D eigenvalue weighted by molar-refractivity contribution is 7.99. The van der Waals surface area contributed by atoms with Crippen LogP contribution in [0.25, 0.3) is 0 Å². The molecule has 4 rings (SSSR count). The van der Waals surface area contributed by atoms with Gasteiger partial charge in [0.05, 0.1) is 17.4 Å². The van der Waals surface area contributed by atoms with Crippen LogP contribution in [0.4, 0.5) is 4.39 Å². The standard InChI is InChI=1S/C17H19FN6O2S/c18-14-4-2-1-3-13(14)16(26)23-9-7-22(8-10-23)15(25)11-27-17-19-20-21-24(17)12-5-6-12/h1-4,12H,5-11H2. The summed E-state index contributed by atoms with van der Waals surface area (Å²) >= 11 is 1.34. The van der Waals surface area contributed by atoms with E-state index in [9.17, 15) is 14.0 Å². The number of thioether (sulfide) groups is 1. The van der Waals surface area contributed by atoms with Crippen LogP contribution in [0.15, 0.2) is 29.4 Å². The average molecular weight is 390 g/mol. The summed E-state index contributed by atoms with van der Waals surface area (Å²) in [6, 6.07) is 6.32. The molecule has 1 aromatic carbocycles. The summed E-state index contributed by atoms with van der Waals surface area (Å²) in [6.07, 6.45) is 2.15. The fourth-order valence-corrected chi connectivity index (χ4v) is 3.86. The van der Waals surface area contributed by atoms with E-state index >= 15 is 0 Å². The van der Waals surface area contributed by atoms with Crippen molar-refractivity contribution in [3.63, 3.8) is 0 Å². The first-order valence-electron chi connectivity index (χ1n) is 8.85. The average Bonchev–Trinajstić information content (AvgIpc) is 3.44. The lowest BCUT2D eigenvalue weighted by Gasteiger charge is -2.34. The normalized spacial score (nSPS) is 17.2. The number of nitrogens with zero attached hydrogens (tertiary/aromatic N) is 6. The van der Waals surface area contributed by atoms with E-state index in [1.54, 1.807) is 26.6 Å². The molecule has 0 radical (unpaired) electrons. The third-order valence-corrected chi connectivity index (χ3v) is 5.62. The third-order valence-electron chi connectivity index (χ3n) is 4.70. The van der Waals surface area contributed by atoms with Crippen LogP contribution in [0.5, 0.6) is 0 Å². The zero-order chi connectivity index (χ0) is 18.8. The van der Waals surface area contributed by atoms with Crippen molar-refractivity contribution in [3.8, 4) is 0 Å². The third kappa shape index (κ3) is 3.95. The van der Waals surface area contributed by atoms with Crippen molar-refractivity contribution >= 4 is 23.6 Å². The molecule has 2 amide bonds. The van der Waals surface area contributed by atoms with Gasteiger partial charge >= 0.3 is 0 Å². The van der Waals surface area contributed by atoms with Gasteiger partial charge in [0, 0.05) is 26.2 Å². The Balaban J connectivity index is 1.28. The number of rotatable bonds is 5. The second-order valence-electron chi connectivity index (χ2n) is 6.58. The molecule has 1 saturated carbocycles. The van der Waals surface area contributed by atoms with Gasteiger partial charge in [-0.25, -0.2) is 9.07 Å². The van der Waals surface area contributed by atoms with Crippen LogP contribution in [-0.2, 0) is 4.79 Å². The van der Waals surface area contributed by atoms with Crippen LogP contribution in [0.1, 0.15) is 29.2 Å². The van der Waals surface area contributed by atoms with E-state index in [0.717, 1.165) is 12.8 Å². The number of piperazine rings is 1. The molecule has 0 N–H and O–H groups in total. The molecule has 1 saturated heterocycles. The van der Waals surface area contributed by atoms with E-state index in [-0.39, 0.29) is 23.1 Å². The first-order chi connectivity index (χ1) is 13.1. The van der Waals surface area contributed by atoms with E-state index in [1.165, 1.54) is 23.9 Å². The fourth-order valence-electron chi connectivity index (χ4n) is 3.01. The number of tetrazole rings is 1. The van der Waals surface area contributed by atoms with Gasteiger partial charge < -0.3 is 9.80 Å². The molecule has 1 aromatic heterocycles. The number of benzene rings is 1. The molecule has 1 aliphatic carbocycles. The van der Waals surface area contributed by atoms with Crippen molar-refractivity contribution in [2.75, 3.05) is 31.9 Å². The Kier molecular flexibility index (Phi) is 5.06. The number of amides is 2. The van der Waals surface area contributed by atoms with E-state index in [4.69, 9.17) is 0 Å². The quantitative estimate of drug-likeness (QED) is 0.714. The molecular formula is C17H19FN6O2S. The minimum atomic E-state index is -0.522. The van der Waals surface area contributed by atoms with E-state index in [0.29, 0.717) is 37.4 Å². The van der Waals surface area contributed by atoms with E-state index < -0.39 is 5.82 Å². The highest BCUT2D eigenvalue weighted by Crippen LogP contribution is 2.36. The Morgan fingerprint density at radius 1 is 1.11 bits per heavy atom. The number of aromatic nitrogens is 4. The number of halogens is 1. The van der Waals surface area contributed by atoms with Gasteiger partial charge in [-0.15, -0.1) is 5.10 Å². The maximum atomic E-state index is 13.8. The molecule has 2 fully saturated rings. The molecule has 0 spiro atoms. The molecule has 1 aliphatic heterocycles.